The number of carbonyl (C=O) groups is 4. The van der Waals surface area contributed by atoms with Crippen molar-refractivity contribution in [1.29, 1.82) is 0 Å². The monoisotopic (exact) mass is 464 g/mol. The second-order valence-corrected chi connectivity index (χ2v) is 10.0. The van der Waals surface area contributed by atoms with Gasteiger partial charge in [0.25, 0.3) is 5.91 Å². The quantitative estimate of drug-likeness (QED) is 0.654. The third kappa shape index (κ3) is 4.14. The summed E-state index contributed by atoms with van der Waals surface area (Å²) >= 11 is 0. The Morgan fingerprint density at radius 1 is 1.24 bits per heavy atom. The molecule has 2 aromatic heterocycles. The maximum atomic E-state index is 13.6. The second kappa shape index (κ2) is 9.31. The molecule has 0 spiro atoms. The fourth-order valence-corrected chi connectivity index (χ4v) is 6.27. The number of ketones is 2. The maximum absolute atomic E-state index is 13.6. The molecule has 8 nitrogen and oxygen atoms in total. The van der Waals surface area contributed by atoms with E-state index < -0.39 is 12.1 Å². The molecule has 2 aliphatic carbocycles. The average Bonchev–Trinajstić information content (AvgIpc) is 3.61. The first kappa shape index (κ1) is 22.7. The molecule has 0 unspecified atom stereocenters. The third-order valence-electron chi connectivity index (χ3n) is 8.04. The zero-order chi connectivity index (χ0) is 23.8. The van der Waals surface area contributed by atoms with E-state index in [9.17, 15) is 19.2 Å². The van der Waals surface area contributed by atoms with Crippen LogP contribution < -0.4 is 5.32 Å². The van der Waals surface area contributed by atoms with Gasteiger partial charge in [-0.05, 0) is 62.1 Å². The lowest BCUT2D eigenvalue weighted by molar-refractivity contribution is -0.131. The number of aromatic amines is 1. The molecule has 2 aromatic rings. The lowest BCUT2D eigenvalue weighted by Gasteiger charge is -2.29. The van der Waals surface area contributed by atoms with Gasteiger partial charge in [-0.1, -0.05) is 13.3 Å². The summed E-state index contributed by atoms with van der Waals surface area (Å²) in [7, 11) is 0. The molecule has 180 valence electrons. The molecule has 0 aromatic carbocycles. The maximum Gasteiger partial charge on any atom is 0.271 e. The Morgan fingerprint density at radius 2 is 2.09 bits per heavy atom. The van der Waals surface area contributed by atoms with Crippen LogP contribution in [0.5, 0.6) is 0 Å². The number of Topliss-reactive ketones (excluding diaryl/α,β-unsaturated/α-hetero) is 2. The van der Waals surface area contributed by atoms with Crippen LogP contribution in [0, 0.1) is 17.8 Å². The molecule has 8 heteroatoms. The van der Waals surface area contributed by atoms with E-state index in [-0.39, 0.29) is 35.2 Å². The van der Waals surface area contributed by atoms with Gasteiger partial charge in [-0.2, -0.15) is 0 Å². The number of pyridine rings is 1. The molecule has 3 heterocycles. The van der Waals surface area contributed by atoms with Crippen LogP contribution >= 0.6 is 0 Å². The van der Waals surface area contributed by atoms with Crippen LogP contribution in [0.15, 0.2) is 24.4 Å². The van der Waals surface area contributed by atoms with Crippen molar-refractivity contribution in [3.8, 4) is 0 Å². The average molecular weight is 465 g/mol. The standard InChI is InChI=1S/C26H32N4O4/c1-2-22(31)20(12-15-6-4-10-23(15)32)29-25(33)24-17-8-3-7-16(17)14-30(24)26(34)21-13-19-18(28-21)9-5-11-27-19/h5,9,11,13,15-17,20,24,28H,2-4,6-8,10,12,14H2,1H3,(H,29,33)/t15-,16-,17-,20-,24-/m0/s1. The topological polar surface area (TPSA) is 112 Å². The smallest absolute Gasteiger partial charge is 0.271 e. The minimum Gasteiger partial charge on any atom is -0.349 e. The van der Waals surface area contributed by atoms with E-state index in [1.54, 1.807) is 24.1 Å². The number of hydrogen-bond acceptors (Lipinski definition) is 5. The molecule has 2 N–H and O–H groups in total. The van der Waals surface area contributed by atoms with Gasteiger partial charge in [0.05, 0.1) is 17.1 Å². The number of hydrogen-bond donors (Lipinski definition) is 2. The third-order valence-corrected chi connectivity index (χ3v) is 8.04. The van der Waals surface area contributed by atoms with Crippen LogP contribution in [-0.4, -0.2) is 56.9 Å². The number of nitrogens with one attached hydrogen (secondary N) is 2. The summed E-state index contributed by atoms with van der Waals surface area (Å²) in [6.07, 6.45) is 7.46. The highest BCUT2D eigenvalue weighted by Crippen LogP contribution is 2.43. The summed E-state index contributed by atoms with van der Waals surface area (Å²) in [6.45, 7) is 2.32. The second-order valence-electron chi connectivity index (χ2n) is 10.0. The normalized spacial score (nSPS) is 27.2. The predicted octanol–water partition coefficient (Wildman–Crippen LogP) is 3.03. The molecule has 3 aliphatic rings. The predicted molar refractivity (Wildman–Crippen MR) is 126 cm³/mol. The summed E-state index contributed by atoms with van der Waals surface area (Å²) in [4.78, 5) is 61.2. The molecule has 5 atom stereocenters. The van der Waals surface area contributed by atoms with Crippen molar-refractivity contribution in [3.63, 3.8) is 0 Å². The summed E-state index contributed by atoms with van der Waals surface area (Å²) in [6, 6.07) is 4.12. The Kier molecular flexibility index (Phi) is 6.23. The number of carbonyl (C=O) groups excluding carboxylic acids is 4. The van der Waals surface area contributed by atoms with Crippen LogP contribution in [0.2, 0.25) is 0 Å². The molecule has 2 amide bonds. The highest BCUT2D eigenvalue weighted by atomic mass is 16.2. The highest BCUT2D eigenvalue weighted by molar-refractivity contribution is 6.00. The number of amides is 2. The minimum atomic E-state index is -0.681. The molecule has 34 heavy (non-hydrogen) atoms. The van der Waals surface area contributed by atoms with E-state index in [1.165, 1.54) is 0 Å². The molecule has 0 radical (unpaired) electrons. The van der Waals surface area contributed by atoms with Gasteiger partial charge in [-0.3, -0.25) is 24.2 Å². The van der Waals surface area contributed by atoms with Gasteiger partial charge in [-0.25, -0.2) is 0 Å². The fourth-order valence-electron chi connectivity index (χ4n) is 6.27. The van der Waals surface area contributed by atoms with Crippen LogP contribution in [-0.2, 0) is 14.4 Å². The number of nitrogens with zero attached hydrogens (tertiary/aromatic N) is 2. The summed E-state index contributed by atoms with van der Waals surface area (Å²) in [5, 5.41) is 2.98. The first-order chi connectivity index (χ1) is 16.5. The van der Waals surface area contributed by atoms with Crippen LogP contribution in [0.3, 0.4) is 0 Å². The lowest BCUT2D eigenvalue weighted by Crippen LogP contribution is -2.53. The largest absolute Gasteiger partial charge is 0.349 e. The Labute approximate surface area is 198 Å². The van der Waals surface area contributed by atoms with Crippen molar-refractivity contribution in [2.24, 2.45) is 17.8 Å². The van der Waals surface area contributed by atoms with Crippen molar-refractivity contribution in [1.82, 2.24) is 20.2 Å². The van der Waals surface area contributed by atoms with E-state index in [4.69, 9.17) is 0 Å². The molecule has 3 fully saturated rings. The summed E-state index contributed by atoms with van der Waals surface area (Å²) in [5.74, 6) is -0.139. The highest BCUT2D eigenvalue weighted by Gasteiger charge is 2.50. The number of aromatic nitrogens is 2. The van der Waals surface area contributed by atoms with Crippen molar-refractivity contribution in [2.45, 2.75) is 70.4 Å². The molecule has 0 bridgehead atoms. The van der Waals surface area contributed by atoms with Gasteiger partial charge < -0.3 is 15.2 Å². The molecular weight excluding hydrogens is 432 g/mol. The molecule has 2 saturated carbocycles. The Bertz CT molecular complexity index is 1090. The summed E-state index contributed by atoms with van der Waals surface area (Å²) < 4.78 is 0. The van der Waals surface area contributed by atoms with E-state index in [0.717, 1.165) is 37.6 Å². The van der Waals surface area contributed by atoms with Gasteiger partial charge in [0.15, 0.2) is 5.78 Å². The number of rotatable bonds is 7. The number of H-pyrrole nitrogens is 1. The van der Waals surface area contributed by atoms with Gasteiger partial charge >= 0.3 is 0 Å². The Hall–Kier alpha value is -3.03. The first-order valence-corrected chi connectivity index (χ1v) is 12.6. The van der Waals surface area contributed by atoms with E-state index >= 15 is 0 Å². The van der Waals surface area contributed by atoms with Gasteiger partial charge in [0, 0.05) is 31.5 Å². The molecule has 1 saturated heterocycles. The molecular formula is C26H32N4O4. The van der Waals surface area contributed by atoms with Crippen LogP contribution in [0.4, 0.5) is 0 Å². The molecule has 5 rings (SSSR count). The van der Waals surface area contributed by atoms with E-state index in [1.807, 2.05) is 12.1 Å². The van der Waals surface area contributed by atoms with Gasteiger partial charge in [0.1, 0.15) is 17.5 Å². The zero-order valence-electron chi connectivity index (χ0n) is 19.6. The number of fused-ring (bicyclic) bond motifs is 2. The van der Waals surface area contributed by atoms with Crippen LogP contribution in [0.1, 0.15) is 68.8 Å². The molecule has 1 aliphatic heterocycles. The Balaban J connectivity index is 1.38. The van der Waals surface area contributed by atoms with Crippen molar-refractivity contribution >= 4 is 34.4 Å². The van der Waals surface area contributed by atoms with E-state index in [0.29, 0.717) is 42.9 Å². The Morgan fingerprint density at radius 3 is 2.82 bits per heavy atom. The van der Waals surface area contributed by atoms with Crippen molar-refractivity contribution in [3.05, 3.63) is 30.1 Å². The minimum absolute atomic E-state index is 0.0615. The fraction of sp³-hybridized carbons (Fsp3) is 0.577. The van der Waals surface area contributed by atoms with Crippen molar-refractivity contribution < 1.29 is 19.2 Å². The number of likely N-dealkylation sites (tertiary alicyclic amines) is 1. The first-order valence-electron chi connectivity index (χ1n) is 12.6. The SMILES string of the molecule is CCC(=O)[C@H](C[C@@H]1CCCC1=O)NC(=O)[C@@H]1[C@H]2CCC[C@H]2CN1C(=O)c1cc2ncccc2[nH]1. The van der Waals surface area contributed by atoms with Gasteiger partial charge in [0.2, 0.25) is 5.91 Å². The van der Waals surface area contributed by atoms with Crippen LogP contribution in [0.25, 0.3) is 11.0 Å². The zero-order valence-corrected chi connectivity index (χ0v) is 19.6. The lowest BCUT2D eigenvalue weighted by atomic mass is 9.91. The van der Waals surface area contributed by atoms with E-state index in [2.05, 4.69) is 15.3 Å². The van der Waals surface area contributed by atoms with Crippen molar-refractivity contribution in [2.75, 3.05) is 6.54 Å². The van der Waals surface area contributed by atoms with Gasteiger partial charge in [-0.15, -0.1) is 0 Å². The summed E-state index contributed by atoms with van der Waals surface area (Å²) in [5.41, 5.74) is 1.91.